The van der Waals surface area contributed by atoms with E-state index >= 15 is 0 Å². The van der Waals surface area contributed by atoms with E-state index in [2.05, 4.69) is 37.3 Å². The molecular formula is C23H26O2S2. The molecule has 0 aliphatic carbocycles. The number of hydrogen-bond donors (Lipinski definition) is 1. The van der Waals surface area contributed by atoms with Gasteiger partial charge in [-0.25, -0.2) is 0 Å². The number of benzene rings is 2. The summed E-state index contributed by atoms with van der Waals surface area (Å²) in [6.07, 6.45) is 7.72. The normalized spacial score (nSPS) is 11.8. The fourth-order valence-electron chi connectivity index (χ4n) is 3.54. The van der Waals surface area contributed by atoms with Crippen LogP contribution in [0.1, 0.15) is 51.0 Å². The van der Waals surface area contributed by atoms with E-state index in [0.29, 0.717) is 0 Å². The average Bonchev–Trinajstić information content (AvgIpc) is 3.22. The Morgan fingerprint density at radius 1 is 0.815 bits per heavy atom. The number of fused-ring (bicyclic) bond motifs is 5. The molecule has 0 fully saturated rings. The van der Waals surface area contributed by atoms with E-state index in [-0.39, 0.29) is 6.61 Å². The van der Waals surface area contributed by atoms with Gasteiger partial charge in [0.15, 0.2) is 0 Å². The van der Waals surface area contributed by atoms with Crippen molar-refractivity contribution in [3.05, 3.63) is 42.0 Å². The summed E-state index contributed by atoms with van der Waals surface area (Å²) in [7, 11) is 0. The standard InChI is InChI=1S/C23H26O2S2/c1-2-3-4-5-6-7-12-25-17-9-11-19-21(14-17)27-22-18-10-8-16(15-24)13-20(18)26-23(19)22/h8-11,13-14,24H,2-7,12,15H2,1H3. The van der Waals surface area contributed by atoms with Crippen molar-refractivity contribution in [2.45, 2.75) is 52.1 Å². The lowest BCUT2D eigenvalue weighted by atomic mass is 10.1. The molecule has 2 heterocycles. The van der Waals surface area contributed by atoms with Gasteiger partial charge in [-0.1, -0.05) is 51.2 Å². The summed E-state index contributed by atoms with van der Waals surface area (Å²) in [5.41, 5.74) is 0.978. The lowest BCUT2D eigenvalue weighted by Gasteiger charge is -2.06. The number of thiophene rings is 2. The third kappa shape index (κ3) is 3.98. The smallest absolute Gasteiger partial charge is 0.120 e. The van der Waals surface area contributed by atoms with Gasteiger partial charge in [-0.05, 0) is 36.2 Å². The van der Waals surface area contributed by atoms with Crippen LogP contribution in [-0.2, 0) is 6.61 Å². The Labute approximate surface area is 168 Å². The molecule has 0 aliphatic rings. The Hall–Kier alpha value is -1.62. The quantitative estimate of drug-likeness (QED) is 0.296. The summed E-state index contributed by atoms with van der Waals surface area (Å²) in [5, 5.41) is 12.0. The molecule has 4 rings (SSSR count). The van der Waals surface area contributed by atoms with Gasteiger partial charge in [0.1, 0.15) is 5.75 Å². The molecule has 0 saturated heterocycles. The van der Waals surface area contributed by atoms with Gasteiger partial charge >= 0.3 is 0 Å². The summed E-state index contributed by atoms with van der Waals surface area (Å²) < 4.78 is 11.2. The predicted octanol–water partition coefficient (Wildman–Crippen LogP) is 7.50. The molecule has 2 nitrogen and oxygen atoms in total. The molecule has 4 heteroatoms. The molecule has 0 atom stereocenters. The Balaban J connectivity index is 1.48. The summed E-state index contributed by atoms with van der Waals surface area (Å²) in [6.45, 7) is 3.16. The molecule has 0 aliphatic heterocycles. The average molecular weight is 399 g/mol. The minimum absolute atomic E-state index is 0.0987. The van der Waals surface area contributed by atoms with Crippen molar-refractivity contribution < 1.29 is 9.84 Å². The molecule has 0 spiro atoms. The van der Waals surface area contributed by atoms with Crippen LogP contribution in [-0.4, -0.2) is 11.7 Å². The maximum absolute atomic E-state index is 9.36. The van der Waals surface area contributed by atoms with Crippen molar-refractivity contribution in [2.24, 2.45) is 0 Å². The second-order valence-corrected chi connectivity index (χ2v) is 9.23. The van der Waals surface area contributed by atoms with Crippen LogP contribution >= 0.6 is 22.7 Å². The number of unbranched alkanes of at least 4 members (excludes halogenated alkanes) is 5. The Kier molecular flexibility index (Phi) is 5.96. The van der Waals surface area contributed by atoms with Crippen molar-refractivity contribution in [3.63, 3.8) is 0 Å². The highest BCUT2D eigenvalue weighted by Gasteiger charge is 2.13. The van der Waals surface area contributed by atoms with E-state index in [1.165, 1.54) is 61.7 Å². The molecule has 4 aromatic rings. The molecule has 1 N–H and O–H groups in total. The number of aliphatic hydroxyl groups excluding tert-OH is 1. The molecule has 0 unspecified atom stereocenters. The van der Waals surface area contributed by atoms with E-state index in [1.807, 2.05) is 28.7 Å². The van der Waals surface area contributed by atoms with Gasteiger partial charge < -0.3 is 9.84 Å². The minimum Gasteiger partial charge on any atom is -0.494 e. The van der Waals surface area contributed by atoms with Gasteiger partial charge in [-0.2, -0.15) is 0 Å². The predicted molar refractivity (Wildman–Crippen MR) is 120 cm³/mol. The minimum atomic E-state index is 0.0987. The number of aliphatic hydroxyl groups is 1. The highest BCUT2D eigenvalue weighted by atomic mass is 32.1. The summed E-state index contributed by atoms with van der Waals surface area (Å²) in [6, 6.07) is 12.8. The fourth-order valence-corrected chi connectivity index (χ4v) is 6.29. The maximum Gasteiger partial charge on any atom is 0.120 e. The van der Waals surface area contributed by atoms with Gasteiger partial charge in [0, 0.05) is 20.2 Å². The molecule has 27 heavy (non-hydrogen) atoms. The summed E-state index contributed by atoms with van der Waals surface area (Å²) >= 11 is 3.67. The zero-order valence-electron chi connectivity index (χ0n) is 15.8. The molecular weight excluding hydrogens is 372 g/mol. The van der Waals surface area contributed by atoms with Crippen LogP contribution in [0.15, 0.2) is 36.4 Å². The van der Waals surface area contributed by atoms with Crippen molar-refractivity contribution in [3.8, 4) is 5.75 Å². The van der Waals surface area contributed by atoms with Crippen LogP contribution < -0.4 is 4.74 Å². The summed E-state index contributed by atoms with van der Waals surface area (Å²) in [4.78, 5) is 0. The highest BCUT2D eigenvalue weighted by Crippen LogP contribution is 2.45. The maximum atomic E-state index is 9.36. The van der Waals surface area contributed by atoms with Crippen molar-refractivity contribution in [1.29, 1.82) is 0 Å². The van der Waals surface area contributed by atoms with Gasteiger partial charge in [0.2, 0.25) is 0 Å². The molecule has 0 amide bonds. The van der Waals surface area contributed by atoms with E-state index in [4.69, 9.17) is 4.74 Å². The molecule has 0 bridgehead atoms. The first-order chi connectivity index (χ1) is 13.3. The van der Waals surface area contributed by atoms with Crippen molar-refractivity contribution >= 4 is 52.2 Å². The molecule has 142 valence electrons. The highest BCUT2D eigenvalue weighted by molar-refractivity contribution is 7.36. The monoisotopic (exact) mass is 398 g/mol. The van der Waals surface area contributed by atoms with E-state index < -0.39 is 0 Å². The van der Waals surface area contributed by atoms with Gasteiger partial charge in [-0.3, -0.25) is 0 Å². The van der Waals surface area contributed by atoms with Gasteiger partial charge in [0.05, 0.1) is 22.6 Å². The zero-order chi connectivity index (χ0) is 18.6. The first-order valence-corrected chi connectivity index (χ1v) is 11.5. The van der Waals surface area contributed by atoms with Crippen LogP contribution in [0.2, 0.25) is 0 Å². The fraction of sp³-hybridized carbons (Fsp3) is 0.391. The largest absolute Gasteiger partial charge is 0.494 e. The van der Waals surface area contributed by atoms with Crippen molar-refractivity contribution in [2.75, 3.05) is 6.61 Å². The first-order valence-electron chi connectivity index (χ1n) is 9.91. The Bertz CT molecular complexity index is 1040. The topological polar surface area (TPSA) is 29.5 Å². The van der Waals surface area contributed by atoms with E-state index in [0.717, 1.165) is 24.3 Å². The molecule has 0 radical (unpaired) electrons. The third-order valence-electron chi connectivity index (χ3n) is 5.07. The molecule has 0 saturated carbocycles. The zero-order valence-corrected chi connectivity index (χ0v) is 17.4. The number of rotatable bonds is 9. The number of ether oxygens (including phenoxy) is 1. The third-order valence-corrected chi connectivity index (χ3v) is 7.57. The Morgan fingerprint density at radius 2 is 1.48 bits per heavy atom. The molecule has 2 aromatic carbocycles. The van der Waals surface area contributed by atoms with Crippen molar-refractivity contribution in [1.82, 2.24) is 0 Å². The van der Waals surface area contributed by atoms with Gasteiger partial charge in [-0.15, -0.1) is 22.7 Å². The Morgan fingerprint density at radius 3 is 2.22 bits per heavy atom. The van der Waals surface area contributed by atoms with Crippen LogP contribution in [0.5, 0.6) is 5.75 Å². The first kappa shape index (κ1) is 18.7. The lowest BCUT2D eigenvalue weighted by molar-refractivity contribution is 0.282. The second kappa shape index (κ2) is 8.59. The van der Waals surface area contributed by atoms with Gasteiger partial charge in [0.25, 0.3) is 0 Å². The SMILES string of the molecule is CCCCCCCCOc1ccc2c(c1)sc1c3ccc(CO)cc3sc21. The van der Waals surface area contributed by atoms with E-state index in [1.54, 1.807) is 0 Å². The summed E-state index contributed by atoms with van der Waals surface area (Å²) in [5.74, 6) is 0.983. The van der Waals surface area contributed by atoms with Crippen LogP contribution in [0.4, 0.5) is 0 Å². The van der Waals surface area contributed by atoms with Crippen LogP contribution in [0, 0.1) is 0 Å². The van der Waals surface area contributed by atoms with E-state index in [9.17, 15) is 5.11 Å². The van der Waals surface area contributed by atoms with Crippen LogP contribution in [0.25, 0.3) is 29.6 Å². The van der Waals surface area contributed by atoms with Crippen LogP contribution in [0.3, 0.4) is 0 Å². The number of hydrogen-bond acceptors (Lipinski definition) is 4. The second-order valence-electron chi connectivity index (χ2n) is 7.13. The molecule has 2 aromatic heterocycles. The lowest BCUT2D eigenvalue weighted by Crippen LogP contribution is -1.96.